The van der Waals surface area contributed by atoms with E-state index in [2.05, 4.69) is 20.2 Å². The average Bonchev–Trinajstić information content (AvgIpc) is 2.45. The van der Waals surface area contributed by atoms with E-state index in [4.69, 9.17) is 16.3 Å². The van der Waals surface area contributed by atoms with Gasteiger partial charge in [0.1, 0.15) is 0 Å². The molecule has 0 bridgehead atoms. The van der Waals surface area contributed by atoms with Crippen LogP contribution in [0.25, 0.3) is 0 Å². The van der Waals surface area contributed by atoms with Crippen LogP contribution in [0.5, 0.6) is 0 Å². The first kappa shape index (κ1) is 14.5. The molecule has 1 unspecified atom stereocenters. The summed E-state index contributed by atoms with van der Waals surface area (Å²) in [6, 6.07) is 0.451. The maximum atomic E-state index is 5.84. The number of piperidine rings is 1. The van der Waals surface area contributed by atoms with Crippen LogP contribution in [0, 0.1) is 0 Å². The molecule has 0 amide bonds. The maximum absolute atomic E-state index is 5.84. The number of hydrogen-bond donors (Lipinski definition) is 1. The zero-order valence-corrected chi connectivity index (χ0v) is 12.1. The van der Waals surface area contributed by atoms with E-state index in [-0.39, 0.29) is 0 Å². The maximum Gasteiger partial charge on any atom is 0.225 e. The molecule has 1 saturated heterocycles. The average molecular weight is 285 g/mol. The first-order chi connectivity index (χ1) is 9.31. The van der Waals surface area contributed by atoms with Crippen LogP contribution in [-0.2, 0) is 4.74 Å². The highest BCUT2D eigenvalue weighted by atomic mass is 35.5. The molecule has 0 spiro atoms. The summed E-state index contributed by atoms with van der Waals surface area (Å²) in [7, 11) is 1.72. The van der Waals surface area contributed by atoms with Gasteiger partial charge in [-0.3, -0.25) is 0 Å². The molecule has 1 aliphatic rings. The van der Waals surface area contributed by atoms with Gasteiger partial charge in [0.2, 0.25) is 5.95 Å². The molecule has 2 rings (SSSR count). The van der Waals surface area contributed by atoms with Gasteiger partial charge in [0, 0.05) is 32.8 Å². The number of rotatable bonds is 6. The number of hydrogen-bond acceptors (Lipinski definition) is 5. The number of methoxy groups -OCH3 is 1. The van der Waals surface area contributed by atoms with Gasteiger partial charge < -0.3 is 15.0 Å². The Hall–Kier alpha value is -0.910. The van der Waals surface area contributed by atoms with Crippen molar-refractivity contribution in [2.75, 3.05) is 38.3 Å². The van der Waals surface area contributed by atoms with Gasteiger partial charge in [0.25, 0.3) is 0 Å². The van der Waals surface area contributed by atoms with Crippen LogP contribution in [0.3, 0.4) is 0 Å². The predicted octanol–water partition coefficient (Wildman–Crippen LogP) is 1.72. The van der Waals surface area contributed by atoms with Gasteiger partial charge in [0.05, 0.1) is 24.0 Å². The van der Waals surface area contributed by atoms with Crippen molar-refractivity contribution in [1.29, 1.82) is 0 Å². The van der Waals surface area contributed by atoms with Crippen LogP contribution in [-0.4, -0.2) is 49.4 Å². The molecular weight excluding hydrogens is 264 g/mol. The molecule has 0 aliphatic carbocycles. The second-order valence-corrected chi connectivity index (χ2v) is 5.18. The molecule has 1 fully saturated rings. The summed E-state index contributed by atoms with van der Waals surface area (Å²) in [4.78, 5) is 10.9. The Balaban J connectivity index is 1.93. The fraction of sp³-hybridized carbons (Fsp3) is 0.692. The molecule has 1 aliphatic heterocycles. The Bertz CT molecular complexity index is 373. The van der Waals surface area contributed by atoms with Gasteiger partial charge in [-0.15, -0.1) is 0 Å². The molecule has 106 valence electrons. The van der Waals surface area contributed by atoms with Crippen molar-refractivity contribution in [2.45, 2.75) is 25.3 Å². The molecular formula is C13H21ClN4O. The molecule has 0 saturated carbocycles. The molecule has 1 aromatic heterocycles. The molecule has 6 heteroatoms. The largest absolute Gasteiger partial charge is 0.383 e. The lowest BCUT2D eigenvalue weighted by atomic mass is 10.0. The zero-order chi connectivity index (χ0) is 13.5. The van der Waals surface area contributed by atoms with Crippen LogP contribution < -0.4 is 10.2 Å². The van der Waals surface area contributed by atoms with E-state index >= 15 is 0 Å². The van der Waals surface area contributed by atoms with Gasteiger partial charge in [-0.25, -0.2) is 9.97 Å². The lowest BCUT2D eigenvalue weighted by Gasteiger charge is -2.35. The van der Waals surface area contributed by atoms with Crippen molar-refractivity contribution in [2.24, 2.45) is 0 Å². The van der Waals surface area contributed by atoms with Crippen LogP contribution in [0.15, 0.2) is 12.4 Å². The zero-order valence-electron chi connectivity index (χ0n) is 11.3. The van der Waals surface area contributed by atoms with Crippen LogP contribution in [0.2, 0.25) is 5.02 Å². The molecule has 1 aromatic rings. The van der Waals surface area contributed by atoms with E-state index in [0.717, 1.165) is 32.2 Å². The Morgan fingerprint density at radius 3 is 2.95 bits per heavy atom. The summed E-state index contributed by atoms with van der Waals surface area (Å²) in [5.74, 6) is 0.780. The minimum Gasteiger partial charge on any atom is -0.383 e. The van der Waals surface area contributed by atoms with E-state index in [1.807, 2.05) is 0 Å². The SMILES string of the molecule is COCCNCC1CCCCN1c1ncc(Cl)cn1. The van der Waals surface area contributed by atoms with Gasteiger partial charge >= 0.3 is 0 Å². The summed E-state index contributed by atoms with van der Waals surface area (Å²) in [5, 5.41) is 4.00. The summed E-state index contributed by atoms with van der Waals surface area (Å²) < 4.78 is 5.04. The molecule has 0 radical (unpaired) electrons. The molecule has 0 aromatic carbocycles. The Labute approximate surface area is 119 Å². The highest BCUT2D eigenvalue weighted by Crippen LogP contribution is 2.21. The van der Waals surface area contributed by atoms with Crippen molar-refractivity contribution >= 4 is 17.5 Å². The summed E-state index contributed by atoms with van der Waals surface area (Å²) in [5.41, 5.74) is 0. The van der Waals surface area contributed by atoms with E-state index in [0.29, 0.717) is 11.1 Å². The number of aromatic nitrogens is 2. The smallest absolute Gasteiger partial charge is 0.225 e. The third kappa shape index (κ3) is 4.30. The predicted molar refractivity (Wildman–Crippen MR) is 76.8 cm³/mol. The van der Waals surface area contributed by atoms with Crippen molar-refractivity contribution in [3.05, 3.63) is 17.4 Å². The minimum atomic E-state index is 0.451. The highest BCUT2D eigenvalue weighted by molar-refractivity contribution is 6.30. The second kappa shape index (κ2) is 7.62. The number of ether oxygens (including phenoxy) is 1. The number of halogens is 1. The number of anilines is 1. The topological polar surface area (TPSA) is 50.3 Å². The van der Waals surface area contributed by atoms with E-state index in [1.54, 1.807) is 19.5 Å². The quantitative estimate of drug-likeness (QED) is 0.806. The fourth-order valence-electron chi connectivity index (χ4n) is 2.37. The Morgan fingerprint density at radius 1 is 1.42 bits per heavy atom. The lowest BCUT2D eigenvalue weighted by molar-refractivity contribution is 0.198. The standard InChI is InChI=1S/C13H21ClN4O/c1-19-7-5-15-10-12-4-2-3-6-18(12)13-16-8-11(14)9-17-13/h8-9,12,15H,2-7,10H2,1H3. The van der Waals surface area contributed by atoms with Crippen molar-refractivity contribution in [3.8, 4) is 0 Å². The minimum absolute atomic E-state index is 0.451. The first-order valence-corrected chi connectivity index (χ1v) is 7.13. The van der Waals surface area contributed by atoms with Crippen LogP contribution >= 0.6 is 11.6 Å². The molecule has 5 nitrogen and oxygen atoms in total. The lowest BCUT2D eigenvalue weighted by Crippen LogP contribution is -2.46. The van der Waals surface area contributed by atoms with Gasteiger partial charge in [-0.1, -0.05) is 11.6 Å². The van der Waals surface area contributed by atoms with Crippen molar-refractivity contribution < 1.29 is 4.74 Å². The second-order valence-electron chi connectivity index (χ2n) is 4.74. The summed E-state index contributed by atoms with van der Waals surface area (Å²) in [6.07, 6.45) is 6.95. The van der Waals surface area contributed by atoms with Gasteiger partial charge in [0.15, 0.2) is 0 Å². The third-order valence-electron chi connectivity index (χ3n) is 3.35. The third-order valence-corrected chi connectivity index (χ3v) is 3.55. The number of nitrogens with zero attached hydrogens (tertiary/aromatic N) is 3. The number of nitrogens with one attached hydrogen (secondary N) is 1. The Morgan fingerprint density at radius 2 is 2.21 bits per heavy atom. The van der Waals surface area contributed by atoms with Crippen molar-refractivity contribution in [3.63, 3.8) is 0 Å². The highest BCUT2D eigenvalue weighted by Gasteiger charge is 2.23. The van der Waals surface area contributed by atoms with Crippen molar-refractivity contribution in [1.82, 2.24) is 15.3 Å². The monoisotopic (exact) mass is 284 g/mol. The normalized spacial score (nSPS) is 19.7. The molecule has 2 heterocycles. The molecule has 1 N–H and O–H groups in total. The van der Waals surface area contributed by atoms with E-state index in [9.17, 15) is 0 Å². The van der Waals surface area contributed by atoms with Crippen LogP contribution in [0.4, 0.5) is 5.95 Å². The van der Waals surface area contributed by atoms with Gasteiger partial charge in [-0.2, -0.15) is 0 Å². The van der Waals surface area contributed by atoms with E-state index in [1.165, 1.54) is 19.3 Å². The molecule has 19 heavy (non-hydrogen) atoms. The van der Waals surface area contributed by atoms with E-state index < -0.39 is 0 Å². The summed E-state index contributed by atoms with van der Waals surface area (Å²) in [6.45, 7) is 3.57. The molecule has 1 atom stereocenters. The van der Waals surface area contributed by atoms with Crippen LogP contribution in [0.1, 0.15) is 19.3 Å². The fourth-order valence-corrected chi connectivity index (χ4v) is 2.47. The van der Waals surface area contributed by atoms with Gasteiger partial charge in [-0.05, 0) is 19.3 Å². The first-order valence-electron chi connectivity index (χ1n) is 6.75. The summed E-state index contributed by atoms with van der Waals surface area (Å²) >= 11 is 5.84. The Kier molecular flexibility index (Phi) is 5.82.